The van der Waals surface area contributed by atoms with E-state index in [1.54, 1.807) is 4.90 Å². The molecular weight excluding hydrogens is 230 g/mol. The van der Waals surface area contributed by atoms with Gasteiger partial charge in [0.1, 0.15) is 0 Å². The summed E-state index contributed by atoms with van der Waals surface area (Å²) in [5, 5.41) is 3.01. The van der Waals surface area contributed by atoms with Gasteiger partial charge in [-0.3, -0.25) is 9.59 Å². The van der Waals surface area contributed by atoms with Crippen LogP contribution in [0.4, 0.5) is 0 Å². The number of piperazine rings is 1. The normalized spacial score (nSPS) is 24.2. The van der Waals surface area contributed by atoms with E-state index in [0.717, 1.165) is 26.1 Å². The molecule has 2 aliphatic rings. The molecule has 0 bridgehead atoms. The standard InChI is InChI=1S/C13H23N3O2/c1-13(2)4-3-6-16(10-13)12(18)9-15-7-5-14-8-11(15)17/h14H,3-10H2,1-2H3. The van der Waals surface area contributed by atoms with Gasteiger partial charge in [-0.05, 0) is 18.3 Å². The number of likely N-dealkylation sites (tertiary alicyclic amines) is 1. The number of piperidine rings is 1. The Bertz CT molecular complexity index is 341. The Hall–Kier alpha value is -1.10. The highest BCUT2D eigenvalue weighted by Crippen LogP contribution is 2.28. The zero-order chi connectivity index (χ0) is 13.2. The van der Waals surface area contributed by atoms with Crippen molar-refractivity contribution >= 4 is 11.8 Å². The predicted molar refractivity (Wildman–Crippen MR) is 69.0 cm³/mol. The lowest BCUT2D eigenvalue weighted by Gasteiger charge is -2.39. The van der Waals surface area contributed by atoms with E-state index in [-0.39, 0.29) is 23.8 Å². The molecule has 0 aromatic heterocycles. The molecule has 2 aliphatic heterocycles. The molecule has 0 radical (unpaired) electrons. The van der Waals surface area contributed by atoms with Gasteiger partial charge >= 0.3 is 0 Å². The van der Waals surface area contributed by atoms with Crippen LogP contribution >= 0.6 is 0 Å². The lowest BCUT2D eigenvalue weighted by atomic mass is 9.84. The fraction of sp³-hybridized carbons (Fsp3) is 0.846. The Balaban J connectivity index is 1.89. The van der Waals surface area contributed by atoms with Crippen molar-refractivity contribution in [3.05, 3.63) is 0 Å². The Labute approximate surface area is 108 Å². The highest BCUT2D eigenvalue weighted by molar-refractivity contribution is 5.86. The maximum atomic E-state index is 12.2. The second kappa shape index (κ2) is 5.26. The van der Waals surface area contributed by atoms with Crippen molar-refractivity contribution < 1.29 is 9.59 Å². The Kier molecular flexibility index (Phi) is 3.90. The lowest BCUT2D eigenvalue weighted by molar-refractivity contribution is -0.142. The van der Waals surface area contributed by atoms with Crippen molar-refractivity contribution in [2.24, 2.45) is 5.41 Å². The Morgan fingerprint density at radius 2 is 2.17 bits per heavy atom. The molecular formula is C13H23N3O2. The van der Waals surface area contributed by atoms with E-state index in [1.165, 1.54) is 6.42 Å². The molecule has 2 heterocycles. The predicted octanol–water partition coefficient (Wildman–Crippen LogP) is 0.0668. The lowest BCUT2D eigenvalue weighted by Crippen LogP contribution is -2.53. The van der Waals surface area contributed by atoms with Crippen molar-refractivity contribution in [2.45, 2.75) is 26.7 Å². The maximum absolute atomic E-state index is 12.2. The molecule has 2 rings (SSSR count). The fourth-order valence-electron chi connectivity index (χ4n) is 2.71. The van der Waals surface area contributed by atoms with Gasteiger partial charge in [0.2, 0.25) is 11.8 Å². The molecule has 2 fully saturated rings. The molecule has 5 heteroatoms. The van der Waals surface area contributed by atoms with E-state index in [1.807, 2.05) is 4.90 Å². The summed E-state index contributed by atoms with van der Waals surface area (Å²) >= 11 is 0. The second-order valence-electron chi connectivity index (χ2n) is 6.08. The van der Waals surface area contributed by atoms with Gasteiger partial charge in [-0.25, -0.2) is 0 Å². The molecule has 2 amide bonds. The van der Waals surface area contributed by atoms with Gasteiger partial charge < -0.3 is 15.1 Å². The molecule has 0 aliphatic carbocycles. The third-order valence-corrected chi connectivity index (χ3v) is 3.77. The van der Waals surface area contributed by atoms with Crippen LogP contribution in [0.5, 0.6) is 0 Å². The van der Waals surface area contributed by atoms with Gasteiger partial charge in [0.25, 0.3) is 0 Å². The van der Waals surface area contributed by atoms with E-state index in [9.17, 15) is 9.59 Å². The summed E-state index contributed by atoms with van der Waals surface area (Å²) in [6, 6.07) is 0. The number of carbonyl (C=O) groups is 2. The first-order valence-corrected chi connectivity index (χ1v) is 6.74. The SMILES string of the molecule is CC1(C)CCCN(C(=O)CN2CCNCC2=O)C1. The van der Waals surface area contributed by atoms with Gasteiger partial charge in [-0.2, -0.15) is 0 Å². The van der Waals surface area contributed by atoms with Crippen molar-refractivity contribution in [1.29, 1.82) is 0 Å². The van der Waals surface area contributed by atoms with E-state index < -0.39 is 0 Å². The minimum Gasteiger partial charge on any atom is -0.341 e. The molecule has 1 N–H and O–H groups in total. The minimum atomic E-state index is 0.0332. The van der Waals surface area contributed by atoms with Crippen LogP contribution in [0, 0.1) is 5.41 Å². The molecule has 0 aromatic carbocycles. The van der Waals surface area contributed by atoms with Gasteiger partial charge in [0.05, 0.1) is 13.1 Å². The Morgan fingerprint density at radius 1 is 1.39 bits per heavy atom. The Morgan fingerprint density at radius 3 is 2.83 bits per heavy atom. The third-order valence-electron chi connectivity index (χ3n) is 3.77. The largest absolute Gasteiger partial charge is 0.341 e. The number of hydrogen-bond donors (Lipinski definition) is 1. The summed E-state index contributed by atoms with van der Waals surface area (Å²) in [6.07, 6.45) is 2.23. The summed E-state index contributed by atoms with van der Waals surface area (Å²) in [5.41, 5.74) is 0.210. The third kappa shape index (κ3) is 3.22. The number of nitrogens with one attached hydrogen (secondary N) is 1. The van der Waals surface area contributed by atoms with Crippen molar-refractivity contribution in [2.75, 3.05) is 39.3 Å². The van der Waals surface area contributed by atoms with Crippen molar-refractivity contribution in [1.82, 2.24) is 15.1 Å². The molecule has 5 nitrogen and oxygen atoms in total. The summed E-state index contributed by atoms with van der Waals surface area (Å²) < 4.78 is 0. The van der Waals surface area contributed by atoms with E-state index in [0.29, 0.717) is 13.1 Å². The summed E-state index contributed by atoms with van der Waals surface area (Å²) in [5.74, 6) is 0.129. The van der Waals surface area contributed by atoms with E-state index in [2.05, 4.69) is 19.2 Å². The molecule has 0 saturated carbocycles. The molecule has 18 heavy (non-hydrogen) atoms. The second-order valence-corrected chi connectivity index (χ2v) is 6.08. The van der Waals surface area contributed by atoms with Crippen LogP contribution < -0.4 is 5.32 Å². The number of amides is 2. The van der Waals surface area contributed by atoms with Crippen molar-refractivity contribution in [3.8, 4) is 0 Å². The number of hydrogen-bond acceptors (Lipinski definition) is 3. The topological polar surface area (TPSA) is 52.7 Å². The smallest absolute Gasteiger partial charge is 0.242 e. The highest BCUT2D eigenvalue weighted by atomic mass is 16.2. The van der Waals surface area contributed by atoms with Gasteiger partial charge in [-0.15, -0.1) is 0 Å². The average Bonchev–Trinajstić information content (AvgIpc) is 2.31. The van der Waals surface area contributed by atoms with Crippen LogP contribution in [0.25, 0.3) is 0 Å². The van der Waals surface area contributed by atoms with Gasteiger partial charge in [0, 0.05) is 26.2 Å². The van der Waals surface area contributed by atoms with Crippen LogP contribution in [0.3, 0.4) is 0 Å². The number of rotatable bonds is 2. The van der Waals surface area contributed by atoms with Gasteiger partial charge in [-0.1, -0.05) is 13.8 Å². The summed E-state index contributed by atoms with van der Waals surface area (Å²) in [6.45, 7) is 8.07. The van der Waals surface area contributed by atoms with Crippen LogP contribution in [-0.2, 0) is 9.59 Å². The summed E-state index contributed by atoms with van der Waals surface area (Å²) in [7, 11) is 0. The highest BCUT2D eigenvalue weighted by Gasteiger charge is 2.30. The van der Waals surface area contributed by atoms with Crippen LogP contribution in [-0.4, -0.2) is 60.9 Å². The van der Waals surface area contributed by atoms with E-state index in [4.69, 9.17) is 0 Å². The molecule has 0 aromatic rings. The summed E-state index contributed by atoms with van der Waals surface area (Å²) in [4.78, 5) is 27.4. The maximum Gasteiger partial charge on any atom is 0.242 e. The monoisotopic (exact) mass is 253 g/mol. The van der Waals surface area contributed by atoms with Crippen molar-refractivity contribution in [3.63, 3.8) is 0 Å². The molecule has 0 spiro atoms. The zero-order valence-electron chi connectivity index (χ0n) is 11.4. The molecule has 0 unspecified atom stereocenters. The average molecular weight is 253 g/mol. The quantitative estimate of drug-likeness (QED) is 0.757. The number of carbonyl (C=O) groups excluding carboxylic acids is 2. The van der Waals surface area contributed by atoms with Crippen LogP contribution in [0.2, 0.25) is 0 Å². The molecule has 0 atom stereocenters. The zero-order valence-corrected chi connectivity index (χ0v) is 11.4. The minimum absolute atomic E-state index is 0.0332. The molecule has 102 valence electrons. The number of nitrogens with zero attached hydrogens (tertiary/aromatic N) is 2. The van der Waals surface area contributed by atoms with Crippen LogP contribution in [0.15, 0.2) is 0 Å². The van der Waals surface area contributed by atoms with E-state index >= 15 is 0 Å². The first-order valence-electron chi connectivity index (χ1n) is 6.74. The first kappa shape index (κ1) is 13.3. The fourth-order valence-corrected chi connectivity index (χ4v) is 2.71. The van der Waals surface area contributed by atoms with Crippen LogP contribution in [0.1, 0.15) is 26.7 Å². The first-order chi connectivity index (χ1) is 8.48. The van der Waals surface area contributed by atoms with Gasteiger partial charge in [0.15, 0.2) is 0 Å². The molecule has 2 saturated heterocycles.